The smallest absolute Gasteiger partial charge is 0.417 e. The van der Waals surface area contributed by atoms with Gasteiger partial charge in [0, 0.05) is 44.8 Å². The molecule has 192 valence electrons. The molecule has 0 atom stereocenters. The Morgan fingerprint density at radius 3 is 2.20 bits per heavy atom. The largest absolute Gasteiger partial charge is 0.495 e. The molecule has 0 N–H and O–H groups in total. The standard InChI is InChI=1S/C20H18F4N2O3.C4H11NS/c1-29-18-5-2-13(12-27)10-17(18)25-6-8-26(9-7-25)19(28)15-4-3-14(21)11-16(15)20(22,23)24;1-3-5(6)4-2/h2-5,10-12H,6-9H2,1H3;6H,3-4H2,1-2H3. The highest BCUT2D eigenvalue weighted by Gasteiger charge is 2.37. The molecule has 0 aliphatic carbocycles. The number of ether oxygens (including phenoxy) is 1. The number of halogens is 4. The van der Waals surface area contributed by atoms with Gasteiger partial charge in [0.2, 0.25) is 0 Å². The zero-order valence-corrected chi connectivity index (χ0v) is 20.7. The molecule has 1 aliphatic heterocycles. The van der Waals surface area contributed by atoms with Crippen LogP contribution in [0.1, 0.15) is 40.1 Å². The van der Waals surface area contributed by atoms with Gasteiger partial charge >= 0.3 is 6.18 Å². The molecule has 0 unspecified atom stereocenters. The van der Waals surface area contributed by atoms with Crippen LogP contribution in [0.25, 0.3) is 0 Å². The molecule has 2 aromatic rings. The number of rotatable bonds is 6. The van der Waals surface area contributed by atoms with Crippen molar-refractivity contribution in [3.63, 3.8) is 0 Å². The van der Waals surface area contributed by atoms with Crippen LogP contribution in [0, 0.1) is 5.82 Å². The van der Waals surface area contributed by atoms with Gasteiger partial charge in [-0.05, 0) is 36.4 Å². The summed E-state index contributed by atoms with van der Waals surface area (Å²) in [5.41, 5.74) is -0.736. The predicted octanol–water partition coefficient (Wildman–Crippen LogP) is 4.80. The molecule has 1 fully saturated rings. The number of nitrogens with zero attached hydrogens (tertiary/aromatic N) is 3. The van der Waals surface area contributed by atoms with Crippen LogP contribution < -0.4 is 9.64 Å². The summed E-state index contributed by atoms with van der Waals surface area (Å²) >= 11 is 4.06. The van der Waals surface area contributed by atoms with Crippen LogP contribution in [0.5, 0.6) is 5.75 Å². The molecule has 0 saturated carbocycles. The summed E-state index contributed by atoms with van der Waals surface area (Å²) in [6, 6.07) is 6.97. The Kier molecular flexibility index (Phi) is 10.4. The third-order valence-corrected chi connectivity index (χ3v) is 6.06. The number of benzene rings is 2. The third-order valence-electron chi connectivity index (χ3n) is 5.49. The van der Waals surface area contributed by atoms with Crippen LogP contribution in [0.2, 0.25) is 0 Å². The van der Waals surface area contributed by atoms with Crippen molar-refractivity contribution in [1.29, 1.82) is 0 Å². The first kappa shape index (κ1) is 28.4. The fourth-order valence-corrected chi connectivity index (χ4v) is 3.51. The van der Waals surface area contributed by atoms with Gasteiger partial charge < -0.3 is 14.5 Å². The van der Waals surface area contributed by atoms with E-state index in [4.69, 9.17) is 4.74 Å². The lowest BCUT2D eigenvalue weighted by Crippen LogP contribution is -2.49. The minimum absolute atomic E-state index is 0.169. The van der Waals surface area contributed by atoms with Gasteiger partial charge in [-0.2, -0.15) is 13.2 Å². The molecule has 35 heavy (non-hydrogen) atoms. The van der Waals surface area contributed by atoms with Gasteiger partial charge in [-0.1, -0.05) is 26.7 Å². The number of hydrogen-bond donors (Lipinski definition) is 1. The van der Waals surface area contributed by atoms with Gasteiger partial charge in [0.1, 0.15) is 17.9 Å². The minimum Gasteiger partial charge on any atom is -0.495 e. The first-order chi connectivity index (χ1) is 16.5. The van der Waals surface area contributed by atoms with E-state index < -0.39 is 29.0 Å². The number of thiol groups is 1. The molecular formula is C24H29F4N3O3S. The second-order valence-electron chi connectivity index (χ2n) is 7.65. The fourth-order valence-electron chi connectivity index (χ4n) is 3.51. The molecule has 11 heteroatoms. The number of piperazine rings is 1. The molecule has 0 spiro atoms. The van der Waals surface area contributed by atoms with Gasteiger partial charge in [-0.15, -0.1) is 0 Å². The number of aldehydes is 1. The molecule has 1 heterocycles. The highest BCUT2D eigenvalue weighted by molar-refractivity contribution is 7.77. The van der Waals surface area contributed by atoms with Crippen LogP contribution in [0.4, 0.5) is 23.2 Å². The average Bonchev–Trinajstić information content (AvgIpc) is 2.87. The lowest BCUT2D eigenvalue weighted by atomic mass is 10.0. The predicted molar refractivity (Wildman–Crippen MR) is 130 cm³/mol. The topological polar surface area (TPSA) is 53.1 Å². The van der Waals surface area contributed by atoms with E-state index in [1.807, 2.05) is 9.21 Å². The Balaban J connectivity index is 0.000000641. The number of hydrogen-bond acceptors (Lipinski definition) is 6. The van der Waals surface area contributed by atoms with Crippen molar-refractivity contribution in [3.8, 4) is 5.75 Å². The Morgan fingerprint density at radius 2 is 1.71 bits per heavy atom. The van der Waals surface area contributed by atoms with E-state index in [1.54, 1.807) is 18.2 Å². The Hall–Kier alpha value is -2.79. The highest BCUT2D eigenvalue weighted by Crippen LogP contribution is 2.34. The maximum absolute atomic E-state index is 13.3. The SMILES string of the molecule is CCN(S)CC.COc1ccc(C=O)cc1N1CCN(C(=O)c2ccc(F)cc2C(F)(F)F)CC1. The summed E-state index contributed by atoms with van der Waals surface area (Å²) < 4.78 is 60.2. The van der Waals surface area contributed by atoms with E-state index in [0.29, 0.717) is 42.4 Å². The summed E-state index contributed by atoms with van der Waals surface area (Å²) in [6.07, 6.45) is -4.13. The molecule has 1 saturated heterocycles. The molecule has 1 amide bonds. The van der Waals surface area contributed by atoms with Crippen molar-refractivity contribution < 1.29 is 31.9 Å². The van der Waals surface area contributed by atoms with E-state index in [1.165, 1.54) is 12.0 Å². The lowest BCUT2D eigenvalue weighted by molar-refractivity contribution is -0.138. The van der Waals surface area contributed by atoms with E-state index >= 15 is 0 Å². The molecular weight excluding hydrogens is 486 g/mol. The molecule has 6 nitrogen and oxygen atoms in total. The van der Waals surface area contributed by atoms with Gasteiger partial charge in [-0.25, -0.2) is 4.39 Å². The molecule has 3 rings (SSSR count). The Morgan fingerprint density at radius 1 is 1.09 bits per heavy atom. The van der Waals surface area contributed by atoms with E-state index in [0.717, 1.165) is 25.2 Å². The van der Waals surface area contributed by atoms with Crippen LogP contribution in [-0.4, -0.2) is 67.8 Å². The highest BCUT2D eigenvalue weighted by atomic mass is 32.1. The second kappa shape index (κ2) is 12.8. The van der Waals surface area contributed by atoms with Crippen LogP contribution >= 0.6 is 12.8 Å². The first-order valence-electron chi connectivity index (χ1n) is 11.0. The van der Waals surface area contributed by atoms with Gasteiger partial charge in [-0.3, -0.25) is 13.9 Å². The summed E-state index contributed by atoms with van der Waals surface area (Å²) in [5.74, 6) is -1.31. The molecule has 0 bridgehead atoms. The van der Waals surface area contributed by atoms with Gasteiger partial charge in [0.15, 0.2) is 0 Å². The van der Waals surface area contributed by atoms with Gasteiger partial charge in [0.25, 0.3) is 5.91 Å². The molecule has 1 aliphatic rings. The Labute approximate surface area is 208 Å². The number of amides is 1. The average molecular weight is 516 g/mol. The normalized spacial score (nSPS) is 13.9. The zero-order chi connectivity index (χ0) is 26.2. The zero-order valence-electron chi connectivity index (χ0n) is 19.8. The van der Waals surface area contributed by atoms with Crippen LogP contribution in [0.15, 0.2) is 36.4 Å². The molecule has 2 aromatic carbocycles. The van der Waals surface area contributed by atoms with Crippen molar-refractivity contribution in [3.05, 3.63) is 58.9 Å². The maximum atomic E-state index is 13.3. The quantitative estimate of drug-likeness (QED) is 0.340. The number of carbonyl (C=O) groups is 2. The van der Waals surface area contributed by atoms with Crippen molar-refractivity contribution in [2.45, 2.75) is 20.0 Å². The summed E-state index contributed by atoms with van der Waals surface area (Å²) in [4.78, 5) is 26.9. The van der Waals surface area contributed by atoms with Crippen molar-refractivity contribution in [2.24, 2.45) is 0 Å². The number of alkyl halides is 3. The van der Waals surface area contributed by atoms with Crippen LogP contribution in [-0.2, 0) is 6.18 Å². The van der Waals surface area contributed by atoms with E-state index in [2.05, 4.69) is 26.7 Å². The molecule has 0 radical (unpaired) electrons. The minimum atomic E-state index is -4.84. The van der Waals surface area contributed by atoms with Gasteiger partial charge in [0.05, 0.1) is 23.9 Å². The van der Waals surface area contributed by atoms with Crippen molar-refractivity contribution in [1.82, 2.24) is 9.21 Å². The maximum Gasteiger partial charge on any atom is 0.417 e. The second-order valence-corrected chi connectivity index (χ2v) is 8.22. The fraction of sp³-hybridized carbons (Fsp3) is 0.417. The number of carbonyl (C=O) groups excluding carboxylic acids is 2. The van der Waals surface area contributed by atoms with E-state index in [9.17, 15) is 27.2 Å². The van der Waals surface area contributed by atoms with Crippen molar-refractivity contribution >= 4 is 30.7 Å². The van der Waals surface area contributed by atoms with Crippen LogP contribution in [0.3, 0.4) is 0 Å². The molecule has 0 aromatic heterocycles. The Bertz CT molecular complexity index is 1010. The van der Waals surface area contributed by atoms with E-state index in [-0.39, 0.29) is 13.1 Å². The summed E-state index contributed by atoms with van der Waals surface area (Å²) in [5, 5.41) is 0. The number of methoxy groups -OCH3 is 1. The number of anilines is 1. The lowest BCUT2D eigenvalue weighted by Gasteiger charge is -2.37. The van der Waals surface area contributed by atoms with Crippen molar-refractivity contribution in [2.75, 3.05) is 51.3 Å². The summed E-state index contributed by atoms with van der Waals surface area (Å²) in [6.45, 7) is 7.23. The monoisotopic (exact) mass is 515 g/mol. The summed E-state index contributed by atoms with van der Waals surface area (Å²) in [7, 11) is 1.49. The third kappa shape index (κ3) is 7.60. The first-order valence-corrected chi connectivity index (χ1v) is 11.4.